The first-order valence-corrected chi connectivity index (χ1v) is 8.13. The quantitative estimate of drug-likeness (QED) is 0.840. The molecule has 6 nitrogen and oxygen atoms in total. The summed E-state index contributed by atoms with van der Waals surface area (Å²) >= 11 is 0. The van der Waals surface area contributed by atoms with Gasteiger partial charge in [0.25, 0.3) is 5.91 Å². The van der Waals surface area contributed by atoms with Gasteiger partial charge in [-0.15, -0.1) is 0 Å². The van der Waals surface area contributed by atoms with Crippen LogP contribution in [0.3, 0.4) is 0 Å². The van der Waals surface area contributed by atoms with Crippen LogP contribution in [0.2, 0.25) is 0 Å². The van der Waals surface area contributed by atoms with Gasteiger partial charge in [-0.05, 0) is 30.9 Å². The fourth-order valence-electron chi connectivity index (χ4n) is 3.96. The molecular formula is C17H19N3O3. The van der Waals surface area contributed by atoms with Crippen molar-refractivity contribution in [3.05, 3.63) is 29.8 Å². The molecule has 1 aromatic carbocycles. The zero-order chi connectivity index (χ0) is 16.0. The predicted molar refractivity (Wildman–Crippen MR) is 83.9 cm³/mol. The van der Waals surface area contributed by atoms with Crippen LogP contribution < -0.4 is 10.2 Å². The highest BCUT2D eigenvalue weighted by Gasteiger charge is 2.53. The summed E-state index contributed by atoms with van der Waals surface area (Å²) in [6.07, 6.45) is 4.04. The highest BCUT2D eigenvalue weighted by Crippen LogP contribution is 2.35. The Morgan fingerprint density at radius 1 is 1.17 bits per heavy atom. The summed E-state index contributed by atoms with van der Waals surface area (Å²) in [5.74, 6) is -0.436. The second-order valence-electron chi connectivity index (χ2n) is 6.53. The maximum absolute atomic E-state index is 12.6. The van der Waals surface area contributed by atoms with Crippen LogP contribution in [0.1, 0.15) is 31.2 Å². The van der Waals surface area contributed by atoms with Gasteiger partial charge < -0.3 is 10.2 Å². The van der Waals surface area contributed by atoms with Gasteiger partial charge in [0.2, 0.25) is 5.91 Å². The first kappa shape index (κ1) is 14.2. The monoisotopic (exact) mass is 313 g/mol. The third-order valence-electron chi connectivity index (χ3n) is 5.18. The third kappa shape index (κ3) is 2.12. The second-order valence-corrected chi connectivity index (χ2v) is 6.53. The Hall–Kier alpha value is -2.37. The molecule has 1 saturated carbocycles. The molecule has 2 aliphatic heterocycles. The van der Waals surface area contributed by atoms with Gasteiger partial charge in [-0.1, -0.05) is 31.0 Å². The van der Waals surface area contributed by atoms with E-state index in [-0.39, 0.29) is 18.4 Å². The van der Waals surface area contributed by atoms with Crippen molar-refractivity contribution < 1.29 is 14.4 Å². The normalized spacial score (nSPS) is 21.9. The van der Waals surface area contributed by atoms with Crippen molar-refractivity contribution in [3.63, 3.8) is 0 Å². The number of hydrogen-bond acceptors (Lipinski definition) is 3. The minimum atomic E-state index is -0.750. The Morgan fingerprint density at radius 3 is 2.70 bits per heavy atom. The van der Waals surface area contributed by atoms with Gasteiger partial charge in [0.1, 0.15) is 12.1 Å². The van der Waals surface area contributed by atoms with Crippen molar-refractivity contribution in [2.24, 2.45) is 0 Å². The number of amides is 4. The van der Waals surface area contributed by atoms with E-state index in [9.17, 15) is 14.4 Å². The van der Waals surface area contributed by atoms with Crippen LogP contribution in [-0.2, 0) is 16.0 Å². The van der Waals surface area contributed by atoms with Crippen LogP contribution in [0.15, 0.2) is 24.3 Å². The lowest BCUT2D eigenvalue weighted by Gasteiger charge is -2.22. The molecule has 0 unspecified atom stereocenters. The fraction of sp³-hybridized carbons (Fsp3) is 0.471. The van der Waals surface area contributed by atoms with Crippen molar-refractivity contribution in [3.8, 4) is 0 Å². The van der Waals surface area contributed by atoms with Crippen molar-refractivity contribution in [1.82, 2.24) is 10.2 Å². The lowest BCUT2D eigenvalue weighted by molar-refractivity contribution is -0.134. The van der Waals surface area contributed by atoms with Crippen LogP contribution in [-0.4, -0.2) is 41.4 Å². The Balaban J connectivity index is 1.51. The molecule has 0 aromatic heterocycles. The molecule has 4 rings (SSSR count). The van der Waals surface area contributed by atoms with E-state index in [0.717, 1.165) is 35.4 Å². The zero-order valence-electron chi connectivity index (χ0n) is 12.9. The number of imide groups is 1. The standard InChI is InChI=1S/C17H19N3O3/c21-14(19-10-7-12-5-1-2-6-13(12)19)11-20-15(22)17(18-16(20)23)8-3-4-9-17/h1-2,5-6H,3-4,7-11H2,(H,18,23). The largest absolute Gasteiger partial charge is 0.325 e. The van der Waals surface area contributed by atoms with E-state index in [1.165, 1.54) is 0 Å². The first-order chi connectivity index (χ1) is 11.1. The average molecular weight is 313 g/mol. The molecule has 2 fully saturated rings. The maximum Gasteiger partial charge on any atom is 0.325 e. The maximum atomic E-state index is 12.6. The van der Waals surface area contributed by atoms with Crippen molar-refractivity contribution in [1.29, 1.82) is 0 Å². The van der Waals surface area contributed by atoms with Gasteiger partial charge >= 0.3 is 6.03 Å². The zero-order valence-corrected chi connectivity index (χ0v) is 12.9. The van der Waals surface area contributed by atoms with E-state index in [0.29, 0.717) is 19.4 Å². The van der Waals surface area contributed by atoms with E-state index in [1.54, 1.807) is 4.90 Å². The molecule has 0 radical (unpaired) electrons. The topological polar surface area (TPSA) is 69.7 Å². The molecular weight excluding hydrogens is 294 g/mol. The summed E-state index contributed by atoms with van der Waals surface area (Å²) in [6, 6.07) is 7.33. The Morgan fingerprint density at radius 2 is 1.91 bits per heavy atom. The molecule has 4 amide bonds. The molecule has 0 bridgehead atoms. The Kier molecular flexibility index (Phi) is 3.14. The van der Waals surface area contributed by atoms with Crippen LogP contribution in [0, 0.1) is 0 Å². The van der Waals surface area contributed by atoms with Crippen LogP contribution in [0.4, 0.5) is 10.5 Å². The van der Waals surface area contributed by atoms with E-state index < -0.39 is 11.6 Å². The number of rotatable bonds is 2. The minimum absolute atomic E-state index is 0.180. The van der Waals surface area contributed by atoms with Crippen molar-refractivity contribution in [2.75, 3.05) is 18.0 Å². The number of carbonyl (C=O) groups is 3. The summed E-state index contributed by atoms with van der Waals surface area (Å²) in [5.41, 5.74) is 1.27. The minimum Gasteiger partial charge on any atom is -0.323 e. The lowest BCUT2D eigenvalue weighted by Crippen LogP contribution is -2.46. The van der Waals surface area contributed by atoms with Crippen LogP contribution in [0.25, 0.3) is 0 Å². The number of urea groups is 1. The Labute approximate surface area is 134 Å². The van der Waals surface area contributed by atoms with Crippen molar-refractivity contribution in [2.45, 2.75) is 37.6 Å². The van der Waals surface area contributed by atoms with Crippen LogP contribution >= 0.6 is 0 Å². The number of carbonyl (C=O) groups excluding carboxylic acids is 3. The number of nitrogens with zero attached hydrogens (tertiary/aromatic N) is 2. The molecule has 6 heteroatoms. The van der Waals surface area contributed by atoms with Crippen molar-refractivity contribution >= 4 is 23.5 Å². The summed E-state index contributed by atoms with van der Waals surface area (Å²) in [5, 5.41) is 2.81. The number of anilines is 1. The number of nitrogens with one attached hydrogen (secondary N) is 1. The second kappa shape index (κ2) is 5.08. The first-order valence-electron chi connectivity index (χ1n) is 8.13. The van der Waals surface area contributed by atoms with E-state index >= 15 is 0 Å². The SMILES string of the molecule is O=C1NC2(CCCC2)C(=O)N1CC(=O)N1CCc2ccccc21. The summed E-state index contributed by atoms with van der Waals surface area (Å²) in [7, 11) is 0. The summed E-state index contributed by atoms with van der Waals surface area (Å²) < 4.78 is 0. The third-order valence-corrected chi connectivity index (χ3v) is 5.18. The molecule has 2 heterocycles. The molecule has 1 N–H and O–H groups in total. The molecule has 1 aliphatic carbocycles. The number of benzene rings is 1. The van der Waals surface area contributed by atoms with E-state index in [4.69, 9.17) is 0 Å². The van der Waals surface area contributed by atoms with Crippen LogP contribution in [0.5, 0.6) is 0 Å². The van der Waals surface area contributed by atoms with E-state index in [1.807, 2.05) is 24.3 Å². The van der Waals surface area contributed by atoms with Gasteiger partial charge in [-0.2, -0.15) is 0 Å². The average Bonchev–Trinajstić information content (AvgIpc) is 3.23. The molecule has 0 atom stereocenters. The molecule has 120 valence electrons. The van der Waals surface area contributed by atoms with Gasteiger partial charge in [0.05, 0.1) is 0 Å². The fourth-order valence-corrected chi connectivity index (χ4v) is 3.96. The summed E-state index contributed by atoms with van der Waals surface area (Å²) in [4.78, 5) is 40.2. The Bertz CT molecular complexity index is 694. The molecule has 1 spiro atoms. The molecule has 3 aliphatic rings. The molecule has 1 saturated heterocycles. The van der Waals surface area contributed by atoms with Gasteiger partial charge in [0, 0.05) is 12.2 Å². The number of hydrogen-bond donors (Lipinski definition) is 1. The lowest BCUT2D eigenvalue weighted by atomic mass is 9.98. The molecule has 1 aromatic rings. The van der Waals surface area contributed by atoms with E-state index in [2.05, 4.69) is 5.32 Å². The van der Waals surface area contributed by atoms with Gasteiger partial charge in [-0.25, -0.2) is 4.79 Å². The number of fused-ring (bicyclic) bond motifs is 1. The highest BCUT2D eigenvalue weighted by molar-refractivity contribution is 6.10. The molecule has 23 heavy (non-hydrogen) atoms. The van der Waals surface area contributed by atoms with Gasteiger partial charge in [-0.3, -0.25) is 14.5 Å². The predicted octanol–water partition coefficient (Wildman–Crippen LogP) is 1.44. The number of para-hydroxylation sites is 1. The highest BCUT2D eigenvalue weighted by atomic mass is 16.2. The summed E-state index contributed by atoms with van der Waals surface area (Å²) in [6.45, 7) is 0.424. The van der Waals surface area contributed by atoms with Gasteiger partial charge in [0.15, 0.2) is 0 Å². The smallest absolute Gasteiger partial charge is 0.323 e.